The number of anilines is 1. The van der Waals surface area contributed by atoms with Gasteiger partial charge in [0.05, 0.1) is 16.5 Å². The molecule has 1 heterocycles. The first-order chi connectivity index (χ1) is 8.08. The summed E-state index contributed by atoms with van der Waals surface area (Å²) in [7, 11) is 0. The summed E-state index contributed by atoms with van der Waals surface area (Å²) >= 11 is 3.06. The predicted octanol–water partition coefficient (Wildman–Crippen LogP) is 2.95. The van der Waals surface area contributed by atoms with Crippen LogP contribution in [0.2, 0.25) is 0 Å². The number of nitrogens with one attached hydrogen (secondary N) is 1. The molecule has 1 fully saturated rings. The molecule has 1 aromatic carbocycles. The van der Waals surface area contributed by atoms with Crippen LogP contribution in [-0.2, 0) is 9.53 Å². The van der Waals surface area contributed by atoms with Gasteiger partial charge in [-0.2, -0.15) is 0 Å². The standard InChI is InChI=1S/C12H13BrFNO2/c1-7-9(4-5-17-7)12(16)15-8-2-3-10(13)11(14)6-8/h2-3,6-7,9H,4-5H2,1H3,(H,15,16). The van der Waals surface area contributed by atoms with Crippen molar-refractivity contribution in [3.05, 3.63) is 28.5 Å². The maximum Gasteiger partial charge on any atom is 0.230 e. The molecular weight excluding hydrogens is 289 g/mol. The largest absolute Gasteiger partial charge is 0.378 e. The molecule has 2 atom stereocenters. The van der Waals surface area contributed by atoms with Crippen molar-refractivity contribution in [1.82, 2.24) is 0 Å². The van der Waals surface area contributed by atoms with Gasteiger partial charge in [0.1, 0.15) is 5.82 Å². The quantitative estimate of drug-likeness (QED) is 0.912. The summed E-state index contributed by atoms with van der Waals surface area (Å²) in [5.74, 6) is -0.656. The lowest BCUT2D eigenvalue weighted by atomic mass is 10.0. The Bertz CT molecular complexity index is 439. The van der Waals surface area contributed by atoms with Crippen molar-refractivity contribution in [2.45, 2.75) is 19.4 Å². The highest BCUT2D eigenvalue weighted by Gasteiger charge is 2.30. The van der Waals surface area contributed by atoms with E-state index in [9.17, 15) is 9.18 Å². The number of hydrogen-bond donors (Lipinski definition) is 1. The molecular formula is C12H13BrFNO2. The van der Waals surface area contributed by atoms with Gasteiger partial charge >= 0.3 is 0 Å². The molecule has 0 aromatic heterocycles. The lowest BCUT2D eigenvalue weighted by Gasteiger charge is -2.14. The van der Waals surface area contributed by atoms with Gasteiger partial charge in [-0.3, -0.25) is 4.79 Å². The molecule has 0 bridgehead atoms. The first-order valence-electron chi connectivity index (χ1n) is 5.45. The Labute approximate surface area is 107 Å². The monoisotopic (exact) mass is 301 g/mol. The molecule has 1 aromatic rings. The molecule has 0 spiro atoms. The normalized spacial score (nSPS) is 23.7. The van der Waals surface area contributed by atoms with Crippen molar-refractivity contribution in [2.24, 2.45) is 5.92 Å². The van der Waals surface area contributed by atoms with E-state index in [1.807, 2.05) is 6.92 Å². The van der Waals surface area contributed by atoms with Gasteiger partial charge < -0.3 is 10.1 Å². The zero-order valence-electron chi connectivity index (χ0n) is 9.37. The number of rotatable bonds is 2. The van der Waals surface area contributed by atoms with Crippen LogP contribution < -0.4 is 5.32 Å². The highest BCUT2D eigenvalue weighted by molar-refractivity contribution is 9.10. The van der Waals surface area contributed by atoms with E-state index in [1.54, 1.807) is 12.1 Å². The second-order valence-corrected chi connectivity index (χ2v) is 4.94. The number of ether oxygens (including phenoxy) is 1. The zero-order chi connectivity index (χ0) is 12.4. The molecule has 1 saturated heterocycles. The molecule has 92 valence electrons. The van der Waals surface area contributed by atoms with Crippen LogP contribution in [0.1, 0.15) is 13.3 Å². The molecule has 0 saturated carbocycles. The van der Waals surface area contributed by atoms with Crippen molar-refractivity contribution in [3.63, 3.8) is 0 Å². The van der Waals surface area contributed by atoms with Gasteiger partial charge in [0, 0.05) is 12.3 Å². The number of carbonyl (C=O) groups excluding carboxylic acids is 1. The molecule has 2 rings (SSSR count). The van der Waals surface area contributed by atoms with Crippen LogP contribution in [-0.4, -0.2) is 18.6 Å². The minimum atomic E-state index is -0.390. The molecule has 1 aliphatic heterocycles. The minimum absolute atomic E-state index is 0.0738. The molecule has 0 radical (unpaired) electrons. The Morgan fingerprint density at radius 2 is 2.35 bits per heavy atom. The summed E-state index contributed by atoms with van der Waals surface area (Å²) in [6.07, 6.45) is 0.640. The van der Waals surface area contributed by atoms with Crippen molar-refractivity contribution in [2.75, 3.05) is 11.9 Å². The van der Waals surface area contributed by atoms with Crippen LogP contribution in [0.25, 0.3) is 0 Å². The molecule has 3 nitrogen and oxygen atoms in total. The summed E-state index contributed by atoms with van der Waals surface area (Å²) in [5, 5.41) is 2.70. The van der Waals surface area contributed by atoms with Crippen LogP contribution >= 0.6 is 15.9 Å². The number of hydrogen-bond acceptors (Lipinski definition) is 2. The average Bonchev–Trinajstić information content (AvgIpc) is 2.70. The number of amides is 1. The summed E-state index contributed by atoms with van der Waals surface area (Å²) in [4.78, 5) is 11.9. The molecule has 1 aliphatic rings. The molecule has 17 heavy (non-hydrogen) atoms. The number of carbonyl (C=O) groups is 1. The van der Waals surface area contributed by atoms with Gasteiger partial charge in [-0.15, -0.1) is 0 Å². The van der Waals surface area contributed by atoms with Gasteiger partial charge in [-0.25, -0.2) is 4.39 Å². The molecule has 1 amide bonds. The maximum atomic E-state index is 13.3. The molecule has 0 aliphatic carbocycles. The van der Waals surface area contributed by atoms with Crippen LogP contribution in [0.15, 0.2) is 22.7 Å². The zero-order valence-corrected chi connectivity index (χ0v) is 11.0. The van der Waals surface area contributed by atoms with Crippen LogP contribution in [0, 0.1) is 11.7 Å². The van der Waals surface area contributed by atoms with Crippen molar-refractivity contribution >= 4 is 27.5 Å². The Kier molecular flexibility index (Phi) is 3.79. The van der Waals surface area contributed by atoms with Crippen molar-refractivity contribution < 1.29 is 13.9 Å². The Balaban J connectivity index is 2.05. The van der Waals surface area contributed by atoms with Gasteiger partial charge in [-0.05, 0) is 47.5 Å². The fourth-order valence-electron chi connectivity index (χ4n) is 1.88. The fourth-order valence-corrected chi connectivity index (χ4v) is 2.13. The van der Waals surface area contributed by atoms with Crippen LogP contribution in [0.5, 0.6) is 0 Å². The Morgan fingerprint density at radius 1 is 1.59 bits per heavy atom. The van der Waals surface area contributed by atoms with E-state index in [2.05, 4.69) is 21.2 Å². The van der Waals surface area contributed by atoms with E-state index in [0.717, 1.165) is 0 Å². The van der Waals surface area contributed by atoms with Crippen LogP contribution in [0.3, 0.4) is 0 Å². The third-order valence-electron chi connectivity index (χ3n) is 2.90. The fraction of sp³-hybridized carbons (Fsp3) is 0.417. The van der Waals surface area contributed by atoms with Crippen LogP contribution in [0.4, 0.5) is 10.1 Å². The highest BCUT2D eigenvalue weighted by atomic mass is 79.9. The highest BCUT2D eigenvalue weighted by Crippen LogP contribution is 2.24. The number of halogens is 2. The first kappa shape index (κ1) is 12.5. The lowest BCUT2D eigenvalue weighted by Crippen LogP contribution is -2.27. The average molecular weight is 302 g/mol. The van der Waals surface area contributed by atoms with E-state index in [0.29, 0.717) is 23.2 Å². The SMILES string of the molecule is CC1OCCC1C(=O)Nc1ccc(Br)c(F)c1. The summed E-state index contributed by atoms with van der Waals surface area (Å²) in [5.41, 5.74) is 0.467. The predicted molar refractivity (Wildman–Crippen MR) is 66.3 cm³/mol. The second kappa shape index (κ2) is 5.14. The third-order valence-corrected chi connectivity index (χ3v) is 3.54. The van der Waals surface area contributed by atoms with Gasteiger partial charge in [0.15, 0.2) is 0 Å². The Hall–Kier alpha value is -0.940. The molecule has 1 N–H and O–H groups in total. The summed E-state index contributed by atoms with van der Waals surface area (Å²) in [6.45, 7) is 2.48. The topological polar surface area (TPSA) is 38.3 Å². The second-order valence-electron chi connectivity index (χ2n) is 4.09. The number of benzene rings is 1. The lowest BCUT2D eigenvalue weighted by molar-refractivity contribution is -0.121. The maximum absolute atomic E-state index is 13.3. The molecule has 2 unspecified atom stereocenters. The van der Waals surface area contributed by atoms with E-state index >= 15 is 0 Å². The van der Waals surface area contributed by atoms with E-state index in [4.69, 9.17) is 4.74 Å². The summed E-state index contributed by atoms with van der Waals surface area (Å²) < 4.78 is 19.0. The Morgan fingerprint density at radius 3 is 2.94 bits per heavy atom. The minimum Gasteiger partial charge on any atom is -0.378 e. The van der Waals surface area contributed by atoms with E-state index in [1.165, 1.54) is 6.07 Å². The van der Waals surface area contributed by atoms with Gasteiger partial charge in [0.2, 0.25) is 5.91 Å². The van der Waals surface area contributed by atoms with Crippen molar-refractivity contribution in [1.29, 1.82) is 0 Å². The van der Waals surface area contributed by atoms with Gasteiger partial charge in [-0.1, -0.05) is 0 Å². The van der Waals surface area contributed by atoms with Gasteiger partial charge in [0.25, 0.3) is 0 Å². The van der Waals surface area contributed by atoms with E-state index in [-0.39, 0.29) is 17.9 Å². The molecule has 5 heteroatoms. The van der Waals surface area contributed by atoms with Crippen molar-refractivity contribution in [3.8, 4) is 0 Å². The summed E-state index contributed by atoms with van der Waals surface area (Å²) in [6, 6.07) is 4.52. The first-order valence-corrected chi connectivity index (χ1v) is 6.25. The smallest absolute Gasteiger partial charge is 0.230 e. The van der Waals surface area contributed by atoms with E-state index < -0.39 is 5.82 Å². The third kappa shape index (κ3) is 2.84.